The fourth-order valence-corrected chi connectivity index (χ4v) is 0.837. The predicted octanol–water partition coefficient (Wildman–Crippen LogP) is 0.990. The van der Waals surface area contributed by atoms with Crippen LogP contribution < -0.4 is 5.73 Å². The Morgan fingerprint density at radius 1 is 1.33 bits per heavy atom. The van der Waals surface area contributed by atoms with Crippen LogP contribution in [-0.2, 0) is 0 Å². The van der Waals surface area contributed by atoms with Gasteiger partial charge in [-0.2, -0.15) is 0 Å². The fourth-order valence-electron chi connectivity index (χ4n) is 0.837. The Balaban J connectivity index is 4.47. The van der Waals surface area contributed by atoms with Crippen molar-refractivity contribution in [2.45, 2.75) is 51.9 Å². The van der Waals surface area contributed by atoms with Gasteiger partial charge in [-0.3, -0.25) is 0 Å². The van der Waals surface area contributed by atoms with Crippen molar-refractivity contribution < 1.29 is 5.11 Å². The molecule has 0 radical (unpaired) electrons. The van der Waals surface area contributed by atoms with Gasteiger partial charge >= 0.3 is 0 Å². The van der Waals surface area contributed by atoms with Crippen LogP contribution in [0.4, 0.5) is 0 Å². The van der Waals surface area contributed by atoms with E-state index < -0.39 is 11.4 Å². The highest BCUT2D eigenvalue weighted by molar-refractivity contribution is 4.86. The van der Waals surface area contributed by atoms with Gasteiger partial charge in [0.25, 0.3) is 0 Å². The monoisotopic (exact) mass is 175 g/mol. The highest BCUT2D eigenvalue weighted by Gasteiger charge is 2.30. The molecular weight excluding hydrogens is 156 g/mol. The first-order valence-corrected chi connectivity index (χ1v) is 4.26. The molecule has 3 N–H and O–H groups in total. The maximum atomic E-state index is 11.5. The molecule has 0 rings (SSSR count). The first-order chi connectivity index (χ1) is 5.28. The molecular formula is C8H19N2O2-. The van der Waals surface area contributed by atoms with Crippen LogP contribution >= 0.6 is 0 Å². The van der Waals surface area contributed by atoms with Crippen molar-refractivity contribution in [3.63, 3.8) is 0 Å². The van der Waals surface area contributed by atoms with Crippen molar-refractivity contribution in [1.29, 1.82) is 0 Å². The van der Waals surface area contributed by atoms with E-state index >= 15 is 0 Å². The average molecular weight is 175 g/mol. The van der Waals surface area contributed by atoms with E-state index in [0.717, 1.165) is 0 Å². The molecule has 0 aliphatic rings. The smallest absolute Gasteiger partial charge is 0.105 e. The van der Waals surface area contributed by atoms with Crippen LogP contribution in [0.25, 0.3) is 0 Å². The summed E-state index contributed by atoms with van der Waals surface area (Å²) in [5.74, 6) is 0. The molecule has 0 bridgehead atoms. The van der Waals surface area contributed by atoms with Gasteiger partial charge in [0, 0.05) is 0 Å². The minimum atomic E-state index is -1.36. The molecule has 2 unspecified atom stereocenters. The van der Waals surface area contributed by atoms with Gasteiger partial charge in [0.05, 0.1) is 5.66 Å². The predicted molar refractivity (Wildman–Crippen MR) is 49.0 cm³/mol. The normalized spacial score (nSPS) is 22.0. The summed E-state index contributed by atoms with van der Waals surface area (Å²) in [5.41, 5.74) is 3.33. The lowest BCUT2D eigenvalue weighted by Gasteiger charge is -2.51. The molecule has 4 heteroatoms. The number of nitrogens with zero attached hydrogens (tertiary/aromatic N) is 1. The van der Waals surface area contributed by atoms with Crippen molar-refractivity contribution in [2.75, 3.05) is 0 Å². The molecule has 2 atom stereocenters. The Bertz CT molecular complexity index is 130. The van der Waals surface area contributed by atoms with E-state index in [9.17, 15) is 10.3 Å². The van der Waals surface area contributed by atoms with E-state index in [0.29, 0.717) is 17.9 Å². The van der Waals surface area contributed by atoms with Crippen LogP contribution in [-0.4, -0.2) is 21.6 Å². The molecule has 0 fully saturated rings. The third kappa shape index (κ3) is 2.42. The van der Waals surface area contributed by atoms with Crippen molar-refractivity contribution in [1.82, 2.24) is 5.06 Å². The van der Waals surface area contributed by atoms with E-state index in [-0.39, 0.29) is 0 Å². The molecule has 0 saturated carbocycles. The largest absolute Gasteiger partial charge is 0.782 e. The van der Waals surface area contributed by atoms with Gasteiger partial charge in [-0.15, -0.1) is 0 Å². The first-order valence-electron chi connectivity index (χ1n) is 4.26. The second kappa shape index (κ2) is 3.70. The molecule has 0 aromatic heterocycles. The van der Waals surface area contributed by atoms with Crippen LogP contribution in [0.15, 0.2) is 0 Å². The molecule has 0 aromatic carbocycles. The van der Waals surface area contributed by atoms with Gasteiger partial charge in [-0.1, -0.05) is 13.8 Å². The molecule has 0 aliphatic heterocycles. The third-order valence-electron chi connectivity index (χ3n) is 2.29. The second-order valence-corrected chi connectivity index (χ2v) is 3.58. The highest BCUT2D eigenvalue weighted by atomic mass is 16.5. The maximum absolute atomic E-state index is 11.5. The lowest BCUT2D eigenvalue weighted by molar-refractivity contribution is -0.116. The van der Waals surface area contributed by atoms with Gasteiger partial charge in [0.1, 0.15) is 5.72 Å². The molecule has 0 saturated heterocycles. The molecule has 0 heterocycles. The Morgan fingerprint density at radius 3 is 2.00 bits per heavy atom. The Kier molecular flexibility index (Phi) is 3.65. The summed E-state index contributed by atoms with van der Waals surface area (Å²) < 4.78 is 0. The summed E-state index contributed by atoms with van der Waals surface area (Å²) in [6.45, 7) is 6.65. The lowest BCUT2D eigenvalue weighted by atomic mass is 10.1. The molecule has 4 nitrogen and oxygen atoms in total. The van der Waals surface area contributed by atoms with Gasteiger partial charge in [-0.25, -0.2) is 0 Å². The number of hydrogen-bond acceptors (Lipinski definition) is 4. The molecule has 0 amide bonds. The van der Waals surface area contributed by atoms with Gasteiger partial charge in [0.15, 0.2) is 0 Å². The van der Waals surface area contributed by atoms with Crippen molar-refractivity contribution in [3.8, 4) is 0 Å². The van der Waals surface area contributed by atoms with Crippen LogP contribution in [0.1, 0.15) is 40.5 Å². The lowest BCUT2D eigenvalue weighted by Crippen LogP contribution is -2.59. The number of nitrogens with two attached hydrogens (primary N) is 1. The Labute approximate surface area is 73.9 Å². The van der Waals surface area contributed by atoms with Gasteiger partial charge < -0.3 is 21.1 Å². The minimum absolute atomic E-state index is 0.364. The van der Waals surface area contributed by atoms with Crippen molar-refractivity contribution in [3.05, 3.63) is 5.21 Å². The maximum Gasteiger partial charge on any atom is 0.105 e. The fraction of sp³-hybridized carbons (Fsp3) is 1.00. The minimum Gasteiger partial charge on any atom is -0.782 e. The standard InChI is InChI=1S/C8H19N2O2/c1-5-7(3,9)10(12)8(4,11)6-2/h11H,5-6,9H2,1-4H3/q-1. The summed E-state index contributed by atoms with van der Waals surface area (Å²) >= 11 is 0. The zero-order valence-corrected chi connectivity index (χ0v) is 8.29. The van der Waals surface area contributed by atoms with Crippen LogP contribution in [0.2, 0.25) is 0 Å². The molecule has 0 aromatic rings. The zero-order valence-electron chi connectivity index (χ0n) is 8.29. The van der Waals surface area contributed by atoms with Gasteiger partial charge in [0.2, 0.25) is 0 Å². The van der Waals surface area contributed by atoms with E-state index in [2.05, 4.69) is 0 Å². The summed E-state index contributed by atoms with van der Waals surface area (Å²) in [4.78, 5) is 0. The third-order valence-corrected chi connectivity index (χ3v) is 2.29. The number of aliphatic hydroxyl groups is 1. The average Bonchev–Trinajstić information content (AvgIpc) is 2.03. The quantitative estimate of drug-likeness (QED) is 0.493. The Hall–Kier alpha value is -0.160. The van der Waals surface area contributed by atoms with E-state index in [1.807, 2.05) is 6.92 Å². The number of hydrogen-bond donors (Lipinski definition) is 2. The van der Waals surface area contributed by atoms with Crippen LogP contribution in [0.5, 0.6) is 0 Å². The van der Waals surface area contributed by atoms with E-state index in [1.165, 1.54) is 6.92 Å². The van der Waals surface area contributed by atoms with Gasteiger partial charge in [-0.05, 0) is 26.7 Å². The summed E-state index contributed by atoms with van der Waals surface area (Å²) in [7, 11) is 0. The Morgan fingerprint density at radius 2 is 1.75 bits per heavy atom. The molecule has 74 valence electrons. The molecule has 0 spiro atoms. The van der Waals surface area contributed by atoms with Crippen molar-refractivity contribution >= 4 is 0 Å². The summed E-state index contributed by atoms with van der Waals surface area (Å²) in [6.07, 6.45) is 0.871. The first kappa shape index (κ1) is 11.8. The molecule has 12 heavy (non-hydrogen) atoms. The SMILES string of the molecule is CCC(C)(N)N([O-])C(C)(O)CC. The number of rotatable bonds is 4. The second-order valence-electron chi connectivity index (χ2n) is 3.58. The zero-order chi connectivity index (χ0) is 9.99. The van der Waals surface area contributed by atoms with Crippen LogP contribution in [0.3, 0.4) is 0 Å². The van der Waals surface area contributed by atoms with Crippen LogP contribution in [0, 0.1) is 5.21 Å². The topological polar surface area (TPSA) is 72.5 Å². The van der Waals surface area contributed by atoms with E-state index in [1.54, 1.807) is 13.8 Å². The number of hydroxylamine groups is 2. The highest BCUT2D eigenvalue weighted by Crippen LogP contribution is 2.23. The molecule has 0 aliphatic carbocycles. The van der Waals surface area contributed by atoms with Crippen molar-refractivity contribution in [2.24, 2.45) is 5.73 Å². The summed E-state index contributed by atoms with van der Waals surface area (Å²) in [6, 6.07) is 0. The van der Waals surface area contributed by atoms with E-state index in [4.69, 9.17) is 5.73 Å². The summed E-state index contributed by atoms with van der Waals surface area (Å²) in [5, 5.41) is 21.7.